The van der Waals surface area contributed by atoms with Crippen LogP contribution in [-0.4, -0.2) is 24.0 Å². The minimum Gasteiger partial charge on any atom is -0.484 e. The van der Waals surface area contributed by atoms with Crippen molar-refractivity contribution in [3.05, 3.63) is 64.4 Å². The maximum Gasteiger partial charge on any atom is 0.258 e. The van der Waals surface area contributed by atoms with Gasteiger partial charge in [-0.05, 0) is 49.4 Å². The lowest BCUT2D eigenvalue weighted by Gasteiger charge is -2.69. The van der Waals surface area contributed by atoms with Crippen LogP contribution in [0.15, 0.2) is 42.5 Å². The van der Waals surface area contributed by atoms with Crippen molar-refractivity contribution in [2.24, 2.45) is 5.41 Å². The Labute approximate surface area is 173 Å². The van der Waals surface area contributed by atoms with Gasteiger partial charge in [0.05, 0.1) is 10.4 Å². The minimum atomic E-state index is -0.595. The number of halogens is 2. The molecule has 3 aliphatic carbocycles. The van der Waals surface area contributed by atoms with Crippen molar-refractivity contribution >= 4 is 23.4 Å². The molecule has 29 heavy (non-hydrogen) atoms. The number of aryl methyl sites for hydroxylation is 1. The van der Waals surface area contributed by atoms with E-state index in [9.17, 15) is 14.0 Å². The van der Waals surface area contributed by atoms with Gasteiger partial charge in [0, 0.05) is 18.2 Å². The molecule has 5 nitrogen and oxygen atoms in total. The van der Waals surface area contributed by atoms with E-state index in [1.807, 2.05) is 31.2 Å². The summed E-state index contributed by atoms with van der Waals surface area (Å²) in [4.78, 5) is 24.7. The average molecular weight is 417 g/mol. The van der Waals surface area contributed by atoms with Gasteiger partial charge in [-0.1, -0.05) is 35.9 Å². The molecule has 0 unspecified atom stereocenters. The number of amides is 2. The molecule has 2 N–H and O–H groups in total. The minimum absolute atomic E-state index is 0.00154. The second-order valence-electron chi connectivity index (χ2n) is 8.11. The number of carbonyl (C=O) groups is 2. The standard InChI is InChI=1S/C22H22ClFN2O3/c1-14-4-2-3-5-15(14)9-25-20(28)21-11-22(12-21,13-21)26-19(27)10-29-16-6-7-17(23)18(24)8-16/h2-8H,9-13H2,1H3,(H,25,28)(H,26,27). The lowest BCUT2D eigenvalue weighted by molar-refractivity contribution is -0.184. The van der Waals surface area contributed by atoms with Gasteiger partial charge in [-0.15, -0.1) is 0 Å². The van der Waals surface area contributed by atoms with E-state index in [2.05, 4.69) is 10.6 Å². The van der Waals surface area contributed by atoms with Crippen molar-refractivity contribution in [3.8, 4) is 5.75 Å². The molecule has 2 aromatic carbocycles. The number of ether oxygens (including phenoxy) is 1. The van der Waals surface area contributed by atoms with Crippen molar-refractivity contribution < 1.29 is 18.7 Å². The highest BCUT2D eigenvalue weighted by atomic mass is 35.5. The van der Waals surface area contributed by atoms with Crippen molar-refractivity contribution in [1.29, 1.82) is 0 Å². The third-order valence-corrected chi connectivity index (χ3v) is 6.18. The zero-order valence-electron chi connectivity index (χ0n) is 16.1. The van der Waals surface area contributed by atoms with Crippen molar-refractivity contribution in [2.45, 2.75) is 38.3 Å². The quantitative estimate of drug-likeness (QED) is 0.725. The molecule has 2 bridgehead atoms. The van der Waals surface area contributed by atoms with Crippen LogP contribution in [0.2, 0.25) is 5.02 Å². The number of hydrogen-bond acceptors (Lipinski definition) is 3. The normalized spacial score (nSPS) is 24.1. The fraction of sp³-hybridized carbons (Fsp3) is 0.364. The highest BCUT2D eigenvalue weighted by Gasteiger charge is 2.72. The maximum atomic E-state index is 13.4. The Bertz CT molecular complexity index is 959. The fourth-order valence-electron chi connectivity index (χ4n) is 4.38. The monoisotopic (exact) mass is 416 g/mol. The van der Waals surface area contributed by atoms with Crippen LogP contribution >= 0.6 is 11.6 Å². The smallest absolute Gasteiger partial charge is 0.258 e. The van der Waals surface area contributed by atoms with E-state index in [1.165, 1.54) is 12.1 Å². The molecule has 3 saturated carbocycles. The molecular weight excluding hydrogens is 395 g/mol. The van der Waals surface area contributed by atoms with Gasteiger partial charge < -0.3 is 15.4 Å². The van der Waals surface area contributed by atoms with Crippen LogP contribution < -0.4 is 15.4 Å². The summed E-state index contributed by atoms with van der Waals surface area (Å²) in [6.07, 6.45) is 1.92. The third-order valence-electron chi connectivity index (χ3n) is 5.88. The van der Waals surface area contributed by atoms with Crippen LogP contribution in [0.1, 0.15) is 30.4 Å². The number of hydrogen-bond donors (Lipinski definition) is 2. The Kier molecular flexibility index (Phi) is 4.99. The Morgan fingerprint density at radius 2 is 1.90 bits per heavy atom. The maximum absolute atomic E-state index is 13.4. The lowest BCUT2D eigenvalue weighted by atomic mass is 9.39. The summed E-state index contributed by atoms with van der Waals surface area (Å²) in [5.41, 5.74) is 1.57. The molecule has 152 valence electrons. The molecule has 2 aromatic rings. The summed E-state index contributed by atoms with van der Waals surface area (Å²) in [6, 6.07) is 12.0. The first-order valence-electron chi connectivity index (χ1n) is 9.53. The molecule has 0 aliphatic heterocycles. The Balaban J connectivity index is 1.22. The summed E-state index contributed by atoms with van der Waals surface area (Å²) in [5.74, 6) is -0.590. The molecule has 0 heterocycles. The molecule has 0 spiro atoms. The van der Waals surface area contributed by atoms with Crippen LogP contribution in [0, 0.1) is 18.2 Å². The highest BCUT2D eigenvalue weighted by Crippen LogP contribution is 2.67. The van der Waals surface area contributed by atoms with E-state index in [0.29, 0.717) is 25.8 Å². The average Bonchev–Trinajstić information content (AvgIpc) is 2.63. The van der Waals surface area contributed by atoms with E-state index in [1.54, 1.807) is 0 Å². The predicted molar refractivity (Wildman–Crippen MR) is 107 cm³/mol. The molecule has 0 saturated heterocycles. The van der Waals surface area contributed by atoms with E-state index < -0.39 is 5.82 Å². The van der Waals surface area contributed by atoms with Crippen molar-refractivity contribution in [1.82, 2.24) is 10.6 Å². The molecule has 3 fully saturated rings. The van der Waals surface area contributed by atoms with Gasteiger partial charge in [0.1, 0.15) is 11.6 Å². The number of rotatable bonds is 7. The Morgan fingerprint density at radius 1 is 1.17 bits per heavy atom. The zero-order valence-corrected chi connectivity index (χ0v) is 16.8. The molecule has 7 heteroatoms. The summed E-state index contributed by atoms with van der Waals surface area (Å²) in [6.45, 7) is 2.32. The van der Waals surface area contributed by atoms with Crippen LogP contribution in [0.5, 0.6) is 5.75 Å². The second-order valence-corrected chi connectivity index (χ2v) is 8.52. The number of nitrogens with one attached hydrogen (secondary N) is 2. The largest absolute Gasteiger partial charge is 0.484 e. The van der Waals surface area contributed by atoms with Crippen LogP contribution in [0.25, 0.3) is 0 Å². The summed E-state index contributed by atoms with van der Waals surface area (Å²) in [7, 11) is 0. The van der Waals surface area contributed by atoms with Crippen LogP contribution in [0.3, 0.4) is 0 Å². The fourth-order valence-corrected chi connectivity index (χ4v) is 4.50. The topological polar surface area (TPSA) is 67.4 Å². The van der Waals surface area contributed by atoms with Gasteiger partial charge in [-0.25, -0.2) is 4.39 Å². The molecular formula is C22H22ClFN2O3. The predicted octanol–water partition coefficient (Wildman–Crippen LogP) is 3.52. The van der Waals surface area contributed by atoms with Gasteiger partial charge in [0.15, 0.2) is 6.61 Å². The first-order chi connectivity index (χ1) is 13.8. The van der Waals surface area contributed by atoms with Gasteiger partial charge in [-0.3, -0.25) is 9.59 Å². The summed E-state index contributed by atoms with van der Waals surface area (Å²) in [5, 5.41) is 5.98. The van der Waals surface area contributed by atoms with E-state index >= 15 is 0 Å². The molecule has 0 atom stereocenters. The Hall–Kier alpha value is -2.60. The molecule has 5 rings (SSSR count). The Morgan fingerprint density at radius 3 is 2.59 bits per heavy atom. The first kappa shape index (κ1) is 19.7. The van der Waals surface area contributed by atoms with E-state index in [4.69, 9.17) is 16.3 Å². The van der Waals surface area contributed by atoms with Gasteiger partial charge in [0.2, 0.25) is 5.91 Å². The molecule has 0 aromatic heterocycles. The SMILES string of the molecule is Cc1ccccc1CNC(=O)C12CC(NC(=O)COc3ccc(Cl)c(F)c3)(C1)C2. The lowest BCUT2D eigenvalue weighted by Crippen LogP contribution is -2.78. The van der Waals surface area contributed by atoms with Crippen molar-refractivity contribution in [3.63, 3.8) is 0 Å². The highest BCUT2D eigenvalue weighted by molar-refractivity contribution is 6.30. The zero-order chi connectivity index (χ0) is 20.6. The van der Waals surface area contributed by atoms with Gasteiger partial charge in [-0.2, -0.15) is 0 Å². The first-order valence-corrected chi connectivity index (χ1v) is 9.90. The molecule has 3 aliphatic rings. The molecule has 0 radical (unpaired) electrons. The van der Waals surface area contributed by atoms with Crippen molar-refractivity contribution in [2.75, 3.05) is 6.61 Å². The van der Waals surface area contributed by atoms with Crippen LogP contribution in [-0.2, 0) is 16.1 Å². The third kappa shape index (κ3) is 3.81. The van der Waals surface area contributed by atoms with Gasteiger partial charge >= 0.3 is 0 Å². The van der Waals surface area contributed by atoms with Gasteiger partial charge in [0.25, 0.3) is 5.91 Å². The summed E-state index contributed by atoms with van der Waals surface area (Å²) < 4.78 is 18.7. The molecule has 2 amide bonds. The number of carbonyl (C=O) groups excluding carboxylic acids is 2. The van der Waals surface area contributed by atoms with E-state index in [-0.39, 0.29) is 40.1 Å². The second kappa shape index (κ2) is 7.34. The van der Waals surface area contributed by atoms with Crippen LogP contribution in [0.4, 0.5) is 4.39 Å². The van der Waals surface area contributed by atoms with E-state index in [0.717, 1.165) is 17.2 Å². The number of benzene rings is 2. The summed E-state index contributed by atoms with van der Waals surface area (Å²) >= 11 is 5.62.